The molecule has 0 aromatic heterocycles. The summed E-state index contributed by atoms with van der Waals surface area (Å²) in [7, 11) is -3.55. The second-order valence-electron chi connectivity index (χ2n) is 5.30. The molecule has 22 heavy (non-hydrogen) atoms. The molecular weight excluding hydrogens is 312 g/mol. The number of nitrogens with one attached hydrogen (secondary N) is 2. The quantitative estimate of drug-likeness (QED) is 0.868. The summed E-state index contributed by atoms with van der Waals surface area (Å²) in [5, 5.41) is 2.76. The average molecular weight is 332 g/mol. The van der Waals surface area contributed by atoms with Crippen molar-refractivity contribution < 1.29 is 17.2 Å². The van der Waals surface area contributed by atoms with Gasteiger partial charge in [0.25, 0.3) is 6.43 Å². The normalized spacial score (nSPS) is 18.0. The standard InChI is InChI=1S/C14H20F2N3O2S/c15-14(16)10-18-12-5-7-19(8-6-12)22(20,21)13-3-1-11(9-17)2-4-13/h1-4,12,14,17-18H,5-10H2/q-1. The Bertz CT molecular complexity index is 570. The van der Waals surface area contributed by atoms with Crippen LogP contribution >= 0.6 is 0 Å². The van der Waals surface area contributed by atoms with Crippen LogP contribution in [0.1, 0.15) is 18.4 Å². The van der Waals surface area contributed by atoms with E-state index < -0.39 is 16.4 Å². The highest BCUT2D eigenvalue weighted by molar-refractivity contribution is 7.89. The van der Waals surface area contributed by atoms with Crippen molar-refractivity contribution in [3.8, 4) is 0 Å². The van der Waals surface area contributed by atoms with Gasteiger partial charge in [-0.25, -0.2) is 17.2 Å². The predicted octanol–water partition coefficient (Wildman–Crippen LogP) is 2.25. The number of alkyl halides is 2. The van der Waals surface area contributed by atoms with E-state index in [0.29, 0.717) is 25.9 Å². The van der Waals surface area contributed by atoms with Crippen molar-refractivity contribution in [3.63, 3.8) is 0 Å². The van der Waals surface area contributed by atoms with Crippen molar-refractivity contribution in [1.82, 2.24) is 9.62 Å². The number of benzene rings is 1. The predicted molar refractivity (Wildman–Crippen MR) is 80.3 cm³/mol. The minimum atomic E-state index is -3.55. The zero-order valence-electron chi connectivity index (χ0n) is 12.1. The molecule has 0 aliphatic carbocycles. The number of halogens is 2. The van der Waals surface area contributed by atoms with Crippen LogP contribution in [-0.4, -0.2) is 44.8 Å². The summed E-state index contributed by atoms with van der Waals surface area (Å²) in [6.07, 6.45) is -1.34. The lowest BCUT2D eigenvalue weighted by molar-refractivity contribution is 0.136. The van der Waals surface area contributed by atoms with Crippen LogP contribution in [0.3, 0.4) is 0 Å². The summed E-state index contributed by atoms with van der Waals surface area (Å²) >= 11 is 0. The van der Waals surface area contributed by atoms with Crippen molar-refractivity contribution in [2.24, 2.45) is 0 Å². The Labute approximate surface area is 129 Å². The fourth-order valence-electron chi connectivity index (χ4n) is 2.48. The van der Waals surface area contributed by atoms with E-state index in [9.17, 15) is 17.2 Å². The molecular formula is C14H20F2N3O2S-. The van der Waals surface area contributed by atoms with E-state index in [1.54, 1.807) is 12.1 Å². The number of rotatable bonds is 6. The van der Waals surface area contributed by atoms with Crippen LogP contribution in [0.25, 0.3) is 5.73 Å². The second kappa shape index (κ2) is 7.45. The van der Waals surface area contributed by atoms with Gasteiger partial charge in [-0.15, -0.1) is 6.54 Å². The third-order valence-corrected chi connectivity index (χ3v) is 5.69. The van der Waals surface area contributed by atoms with Gasteiger partial charge in [-0.3, -0.25) is 0 Å². The fraction of sp³-hybridized carbons (Fsp3) is 0.571. The van der Waals surface area contributed by atoms with Gasteiger partial charge in [0.05, 0.1) is 11.4 Å². The zero-order chi connectivity index (χ0) is 16.2. The van der Waals surface area contributed by atoms with Crippen molar-refractivity contribution in [2.45, 2.75) is 36.7 Å². The van der Waals surface area contributed by atoms with Crippen LogP contribution in [-0.2, 0) is 16.6 Å². The molecule has 2 rings (SSSR count). The minimum absolute atomic E-state index is 0.0638. The van der Waals surface area contributed by atoms with E-state index in [0.717, 1.165) is 5.56 Å². The summed E-state index contributed by atoms with van der Waals surface area (Å²) in [4.78, 5) is 0.212. The Morgan fingerprint density at radius 1 is 1.23 bits per heavy atom. The molecule has 0 spiro atoms. The summed E-state index contributed by atoms with van der Waals surface area (Å²) in [6.45, 7) is 0.403. The third kappa shape index (κ3) is 4.22. The van der Waals surface area contributed by atoms with Crippen LogP contribution in [0.2, 0.25) is 0 Å². The van der Waals surface area contributed by atoms with Crippen LogP contribution < -0.4 is 5.32 Å². The molecule has 1 saturated heterocycles. The largest absolute Gasteiger partial charge is 0.674 e. The Morgan fingerprint density at radius 2 is 1.82 bits per heavy atom. The van der Waals surface area contributed by atoms with E-state index >= 15 is 0 Å². The maximum absolute atomic E-state index is 12.5. The number of hydrogen-bond donors (Lipinski definition) is 1. The molecule has 5 nitrogen and oxygen atoms in total. The lowest BCUT2D eigenvalue weighted by Crippen LogP contribution is -2.45. The molecule has 1 heterocycles. The number of sulfonamides is 1. The van der Waals surface area contributed by atoms with E-state index in [4.69, 9.17) is 5.73 Å². The second-order valence-corrected chi connectivity index (χ2v) is 7.24. The van der Waals surface area contributed by atoms with Crippen LogP contribution in [0.5, 0.6) is 0 Å². The van der Waals surface area contributed by atoms with Crippen molar-refractivity contribution in [2.75, 3.05) is 19.6 Å². The minimum Gasteiger partial charge on any atom is -0.674 e. The molecule has 0 radical (unpaired) electrons. The van der Waals surface area contributed by atoms with Gasteiger partial charge in [-0.2, -0.15) is 4.31 Å². The van der Waals surface area contributed by atoms with Gasteiger partial charge in [0.2, 0.25) is 10.0 Å². The highest BCUT2D eigenvalue weighted by Crippen LogP contribution is 2.21. The van der Waals surface area contributed by atoms with Crippen LogP contribution in [0, 0.1) is 0 Å². The van der Waals surface area contributed by atoms with E-state index in [2.05, 4.69) is 5.32 Å². The van der Waals surface area contributed by atoms with Gasteiger partial charge < -0.3 is 11.1 Å². The lowest BCUT2D eigenvalue weighted by Gasteiger charge is -2.31. The first kappa shape index (κ1) is 17.3. The molecule has 0 amide bonds. The maximum atomic E-state index is 12.5. The molecule has 1 aromatic rings. The van der Waals surface area contributed by atoms with Gasteiger partial charge >= 0.3 is 0 Å². The van der Waals surface area contributed by atoms with E-state index in [1.165, 1.54) is 16.4 Å². The molecule has 1 aromatic carbocycles. The molecule has 8 heteroatoms. The number of hydrogen-bond acceptors (Lipinski definition) is 3. The zero-order valence-corrected chi connectivity index (χ0v) is 13.0. The Balaban J connectivity index is 1.96. The van der Waals surface area contributed by atoms with E-state index in [-0.39, 0.29) is 24.0 Å². The first-order chi connectivity index (χ1) is 10.4. The van der Waals surface area contributed by atoms with Crippen molar-refractivity contribution in [1.29, 1.82) is 0 Å². The SMILES string of the molecule is [NH-]Cc1ccc(S(=O)(=O)N2CCC(NCC(F)F)CC2)cc1. The molecule has 124 valence electrons. The smallest absolute Gasteiger partial charge is 0.250 e. The van der Waals surface area contributed by atoms with Crippen molar-refractivity contribution in [3.05, 3.63) is 35.6 Å². The van der Waals surface area contributed by atoms with Gasteiger partial charge in [-0.1, -0.05) is 17.7 Å². The average Bonchev–Trinajstić information content (AvgIpc) is 2.53. The van der Waals surface area contributed by atoms with Gasteiger partial charge in [0.15, 0.2) is 0 Å². The topological polar surface area (TPSA) is 73.2 Å². The van der Waals surface area contributed by atoms with Gasteiger partial charge in [0, 0.05) is 19.1 Å². The summed E-state index contributed by atoms with van der Waals surface area (Å²) in [6, 6.07) is 6.24. The van der Waals surface area contributed by atoms with E-state index in [1.807, 2.05) is 0 Å². The first-order valence-electron chi connectivity index (χ1n) is 7.18. The Morgan fingerprint density at radius 3 is 2.32 bits per heavy atom. The third-order valence-electron chi connectivity index (χ3n) is 3.78. The molecule has 0 saturated carbocycles. The highest BCUT2D eigenvalue weighted by atomic mass is 32.2. The van der Waals surface area contributed by atoms with Crippen LogP contribution in [0.4, 0.5) is 8.78 Å². The molecule has 2 N–H and O–H groups in total. The van der Waals surface area contributed by atoms with Gasteiger partial charge in [-0.05, 0) is 25.0 Å². The molecule has 0 bridgehead atoms. The number of piperidine rings is 1. The molecule has 0 unspecified atom stereocenters. The fourth-order valence-corrected chi connectivity index (χ4v) is 3.95. The monoisotopic (exact) mass is 332 g/mol. The summed E-state index contributed by atoms with van der Waals surface area (Å²) < 4.78 is 50.7. The first-order valence-corrected chi connectivity index (χ1v) is 8.62. The summed E-state index contributed by atoms with van der Waals surface area (Å²) in [5.41, 5.74) is 8.00. The Kier molecular flexibility index (Phi) is 5.85. The van der Waals surface area contributed by atoms with Crippen LogP contribution in [0.15, 0.2) is 29.2 Å². The van der Waals surface area contributed by atoms with Crippen molar-refractivity contribution >= 4 is 10.0 Å². The molecule has 1 aliphatic rings. The molecule has 1 fully saturated rings. The lowest BCUT2D eigenvalue weighted by atomic mass is 10.1. The molecule has 0 atom stereocenters. The van der Waals surface area contributed by atoms with Gasteiger partial charge in [0.1, 0.15) is 0 Å². The molecule has 1 aliphatic heterocycles. The maximum Gasteiger partial charge on any atom is 0.250 e. The summed E-state index contributed by atoms with van der Waals surface area (Å²) in [5.74, 6) is 0. The number of nitrogens with zero attached hydrogens (tertiary/aromatic N) is 1. The Hall–Kier alpha value is -1.09. The highest BCUT2D eigenvalue weighted by Gasteiger charge is 2.29.